The fourth-order valence-electron chi connectivity index (χ4n) is 3.65. The molecule has 0 unspecified atom stereocenters. The molecule has 0 radical (unpaired) electrons. The lowest BCUT2D eigenvalue weighted by atomic mass is 10.0. The van der Waals surface area contributed by atoms with Gasteiger partial charge in [0, 0.05) is 38.3 Å². The summed E-state index contributed by atoms with van der Waals surface area (Å²) in [5, 5.41) is 11.1. The summed E-state index contributed by atoms with van der Waals surface area (Å²) in [7, 11) is 0. The molecule has 6 nitrogen and oxygen atoms in total. The molecule has 1 aromatic carbocycles. The molecule has 1 saturated heterocycles. The number of aliphatic imine (C=N–C) groups is 1. The van der Waals surface area contributed by atoms with Gasteiger partial charge in [0.15, 0.2) is 11.7 Å². The second-order valence-corrected chi connectivity index (χ2v) is 8.25. The number of nitrogens with one attached hydrogen (secondary N) is 2. The minimum Gasteiger partial charge on any atom is -0.359 e. The summed E-state index contributed by atoms with van der Waals surface area (Å²) in [5.41, 5.74) is 3.71. The Balaban J connectivity index is 0.00000320. The molecule has 1 aliphatic heterocycles. The Hall–Kier alpha value is -1.61. The van der Waals surface area contributed by atoms with E-state index >= 15 is 0 Å². The minimum atomic E-state index is 0. The molecule has 30 heavy (non-hydrogen) atoms. The summed E-state index contributed by atoms with van der Waals surface area (Å²) in [5.74, 6) is 2.03. The number of rotatable bonds is 7. The van der Waals surface area contributed by atoms with Crippen LogP contribution in [0, 0.1) is 6.92 Å². The Morgan fingerprint density at radius 3 is 2.67 bits per heavy atom. The summed E-state index contributed by atoms with van der Waals surface area (Å²) in [6, 6.07) is 11.3. The van der Waals surface area contributed by atoms with Crippen LogP contribution < -0.4 is 10.6 Å². The van der Waals surface area contributed by atoms with Gasteiger partial charge in [0.25, 0.3) is 0 Å². The van der Waals surface area contributed by atoms with Gasteiger partial charge in [-0.25, -0.2) is 4.99 Å². The summed E-state index contributed by atoms with van der Waals surface area (Å²) >= 11 is 0. The third kappa shape index (κ3) is 7.58. The average molecular weight is 525 g/mol. The number of halogens is 1. The number of hydrogen-bond donors (Lipinski definition) is 2. The van der Waals surface area contributed by atoms with Crippen LogP contribution in [0.25, 0.3) is 0 Å². The van der Waals surface area contributed by atoms with Gasteiger partial charge in [-0.2, -0.15) is 0 Å². The van der Waals surface area contributed by atoms with Crippen molar-refractivity contribution in [2.24, 2.45) is 4.99 Å². The minimum absolute atomic E-state index is 0. The van der Waals surface area contributed by atoms with Crippen molar-refractivity contribution in [2.75, 3.05) is 19.6 Å². The van der Waals surface area contributed by atoms with Crippen molar-refractivity contribution in [3.63, 3.8) is 0 Å². The zero-order valence-electron chi connectivity index (χ0n) is 18.6. The van der Waals surface area contributed by atoms with Crippen LogP contribution in [0.5, 0.6) is 0 Å². The van der Waals surface area contributed by atoms with Crippen LogP contribution in [0.1, 0.15) is 62.1 Å². The van der Waals surface area contributed by atoms with Crippen molar-refractivity contribution < 1.29 is 4.52 Å². The molecule has 1 aliphatic rings. The van der Waals surface area contributed by atoms with Crippen LogP contribution in [0.15, 0.2) is 39.8 Å². The Kier molecular flexibility index (Phi) is 10.1. The molecule has 0 bridgehead atoms. The first-order valence-corrected chi connectivity index (χ1v) is 10.8. The summed E-state index contributed by atoms with van der Waals surface area (Å²) in [6.45, 7) is 13.1. The molecular weight excluding hydrogens is 489 g/mol. The first-order chi connectivity index (χ1) is 14.0. The maximum atomic E-state index is 5.40. The van der Waals surface area contributed by atoms with E-state index in [0.29, 0.717) is 18.5 Å². The fourth-order valence-corrected chi connectivity index (χ4v) is 3.65. The van der Waals surface area contributed by atoms with E-state index in [4.69, 9.17) is 9.52 Å². The third-order valence-corrected chi connectivity index (χ3v) is 5.32. The van der Waals surface area contributed by atoms with Gasteiger partial charge in [0.1, 0.15) is 6.54 Å². The number of nitrogens with zero attached hydrogens (tertiary/aromatic N) is 3. The van der Waals surface area contributed by atoms with Crippen molar-refractivity contribution in [3.8, 4) is 0 Å². The largest absolute Gasteiger partial charge is 0.359 e. The van der Waals surface area contributed by atoms with Crippen molar-refractivity contribution in [3.05, 3.63) is 52.9 Å². The molecule has 7 heteroatoms. The van der Waals surface area contributed by atoms with Crippen LogP contribution in [0.4, 0.5) is 0 Å². The van der Waals surface area contributed by atoms with E-state index in [9.17, 15) is 0 Å². The van der Waals surface area contributed by atoms with Gasteiger partial charge in [-0.15, -0.1) is 24.0 Å². The maximum absolute atomic E-state index is 5.40. The van der Waals surface area contributed by atoms with Crippen LogP contribution in [-0.4, -0.2) is 41.7 Å². The molecule has 0 aliphatic carbocycles. The highest BCUT2D eigenvalue weighted by Crippen LogP contribution is 2.16. The first kappa shape index (κ1) is 24.7. The lowest BCUT2D eigenvalue weighted by Crippen LogP contribution is -2.48. The Morgan fingerprint density at radius 1 is 1.27 bits per heavy atom. The van der Waals surface area contributed by atoms with Crippen molar-refractivity contribution >= 4 is 29.9 Å². The summed E-state index contributed by atoms with van der Waals surface area (Å²) in [4.78, 5) is 7.23. The van der Waals surface area contributed by atoms with Crippen LogP contribution in [0.2, 0.25) is 0 Å². The molecule has 0 saturated carbocycles. The van der Waals surface area contributed by atoms with Gasteiger partial charge in [0.2, 0.25) is 0 Å². The highest BCUT2D eigenvalue weighted by Gasteiger charge is 2.20. The number of likely N-dealkylation sites (tertiary alicyclic amines) is 1. The topological polar surface area (TPSA) is 65.7 Å². The van der Waals surface area contributed by atoms with Crippen molar-refractivity contribution in [2.45, 2.75) is 65.6 Å². The number of aromatic nitrogens is 1. The molecule has 2 aromatic rings. The molecule has 166 valence electrons. The standard InChI is InChI=1S/C23H35N5O.HI/c1-5-24-23(25-15-21-14-22(17(2)3)27-29-21)26-20-9-11-28(12-10-20)16-19-8-6-7-18(4)13-19;/h6-8,13-14,17,20H,5,9-12,15-16H2,1-4H3,(H2,24,25,26);1H. The number of guanidine groups is 1. The van der Waals surface area contributed by atoms with Gasteiger partial charge in [-0.3, -0.25) is 4.90 Å². The quantitative estimate of drug-likeness (QED) is 0.318. The maximum Gasteiger partial charge on any atom is 0.191 e. The molecule has 0 amide bonds. The van der Waals surface area contributed by atoms with Gasteiger partial charge in [-0.05, 0) is 38.2 Å². The van der Waals surface area contributed by atoms with Crippen LogP contribution in [0.3, 0.4) is 0 Å². The first-order valence-electron chi connectivity index (χ1n) is 10.8. The van der Waals surface area contributed by atoms with Gasteiger partial charge >= 0.3 is 0 Å². The van der Waals surface area contributed by atoms with Crippen LogP contribution in [-0.2, 0) is 13.1 Å². The molecule has 1 fully saturated rings. The second-order valence-electron chi connectivity index (χ2n) is 8.25. The Morgan fingerprint density at radius 2 is 2.03 bits per heavy atom. The van der Waals surface area contributed by atoms with Gasteiger partial charge < -0.3 is 15.2 Å². The predicted octanol–water partition coefficient (Wildman–Crippen LogP) is 4.44. The highest BCUT2D eigenvalue weighted by molar-refractivity contribution is 14.0. The van der Waals surface area contributed by atoms with Crippen molar-refractivity contribution in [1.82, 2.24) is 20.7 Å². The lowest BCUT2D eigenvalue weighted by Gasteiger charge is -2.33. The predicted molar refractivity (Wildman–Crippen MR) is 133 cm³/mol. The monoisotopic (exact) mass is 525 g/mol. The zero-order valence-corrected chi connectivity index (χ0v) is 21.0. The van der Waals surface area contributed by atoms with Gasteiger partial charge in [0.05, 0.1) is 5.69 Å². The third-order valence-electron chi connectivity index (χ3n) is 5.32. The van der Waals surface area contributed by atoms with Gasteiger partial charge in [-0.1, -0.05) is 48.8 Å². The molecular formula is C23H36IN5O. The van der Waals surface area contributed by atoms with E-state index in [2.05, 4.69) is 72.7 Å². The number of piperidine rings is 1. The van der Waals surface area contributed by atoms with E-state index in [1.165, 1.54) is 11.1 Å². The van der Waals surface area contributed by atoms with E-state index in [0.717, 1.165) is 56.4 Å². The smallest absolute Gasteiger partial charge is 0.191 e. The normalized spacial score (nSPS) is 15.8. The zero-order chi connectivity index (χ0) is 20.6. The Bertz CT molecular complexity index is 796. The molecule has 0 atom stereocenters. The van der Waals surface area contributed by atoms with Crippen molar-refractivity contribution in [1.29, 1.82) is 0 Å². The number of aryl methyl sites for hydroxylation is 1. The van der Waals surface area contributed by atoms with Crippen LogP contribution >= 0.6 is 24.0 Å². The molecule has 2 heterocycles. The SMILES string of the molecule is CCNC(=NCc1cc(C(C)C)no1)NC1CCN(Cc2cccc(C)c2)CC1.I. The molecule has 1 aromatic heterocycles. The fraction of sp³-hybridized carbons (Fsp3) is 0.565. The lowest BCUT2D eigenvalue weighted by molar-refractivity contribution is 0.198. The molecule has 0 spiro atoms. The molecule has 3 rings (SSSR count). The van der Waals surface area contributed by atoms with E-state index < -0.39 is 0 Å². The number of hydrogen-bond acceptors (Lipinski definition) is 4. The van der Waals surface area contributed by atoms with E-state index in [1.807, 2.05) is 6.07 Å². The average Bonchev–Trinajstić information content (AvgIpc) is 3.17. The summed E-state index contributed by atoms with van der Waals surface area (Å²) in [6.07, 6.45) is 2.24. The second kappa shape index (κ2) is 12.3. The number of benzene rings is 1. The summed E-state index contributed by atoms with van der Waals surface area (Å²) < 4.78 is 5.40. The van der Waals surface area contributed by atoms with E-state index in [1.54, 1.807) is 0 Å². The van der Waals surface area contributed by atoms with E-state index in [-0.39, 0.29) is 24.0 Å². The molecule has 2 N–H and O–H groups in total. The Labute approximate surface area is 197 Å². The highest BCUT2D eigenvalue weighted by atomic mass is 127.